The average Bonchev–Trinajstić information content (AvgIpc) is 3.51. The van der Waals surface area contributed by atoms with Gasteiger partial charge in [0.05, 0.1) is 26.0 Å². The van der Waals surface area contributed by atoms with Gasteiger partial charge in [-0.3, -0.25) is 0 Å². The van der Waals surface area contributed by atoms with Crippen molar-refractivity contribution in [3.05, 3.63) is 34.5 Å². The van der Waals surface area contributed by atoms with Gasteiger partial charge in [-0.2, -0.15) is 5.10 Å². The number of carbonyl (C=O) groups is 1. The van der Waals surface area contributed by atoms with E-state index in [2.05, 4.69) is 20.8 Å². The molecule has 1 aliphatic heterocycles. The predicted molar refractivity (Wildman–Crippen MR) is 127 cm³/mol. The van der Waals surface area contributed by atoms with Gasteiger partial charge in [-0.15, -0.1) is 4.36 Å². The van der Waals surface area contributed by atoms with Gasteiger partial charge in [-0.25, -0.2) is 18.8 Å². The molecule has 3 aliphatic rings. The van der Waals surface area contributed by atoms with Crippen LogP contribution in [0.2, 0.25) is 0 Å². The summed E-state index contributed by atoms with van der Waals surface area (Å²) in [6.45, 7) is 3.19. The van der Waals surface area contributed by atoms with Crippen molar-refractivity contribution in [2.24, 2.45) is 9.50 Å². The van der Waals surface area contributed by atoms with E-state index in [0.717, 1.165) is 48.9 Å². The monoisotopic (exact) mass is 489 g/mol. The van der Waals surface area contributed by atoms with Gasteiger partial charge in [0.15, 0.2) is 15.5 Å². The van der Waals surface area contributed by atoms with Crippen molar-refractivity contribution in [1.82, 2.24) is 9.78 Å². The normalized spacial score (nSPS) is 24.2. The standard InChI is InChI=1S/C23H31N5O5S/c1-23(13-32-3)12-28-21(33-23)18(10-25-28)34(24,30)27-22(29)26-20-17-6-4-5-14(17)9-15-7-8-16(11-31-2)19(15)20/h9-10,16H,4-8,11-13H2,1-3H3,(H3,24,26,27,29,30)/t16-,23-,34?/m0/s1. The predicted octanol–water partition coefficient (Wildman–Crippen LogP) is 2.78. The molecule has 3 N–H and O–H groups in total. The number of rotatable bonds is 6. The Balaban J connectivity index is 1.46. The summed E-state index contributed by atoms with van der Waals surface area (Å²) < 4.78 is 35.5. The molecule has 2 aromatic rings. The number of aromatic nitrogens is 2. The number of nitrogens with one attached hydrogen (secondary N) is 1. The topological polar surface area (TPSA) is 130 Å². The molecule has 0 radical (unpaired) electrons. The summed E-state index contributed by atoms with van der Waals surface area (Å²) in [5.41, 5.74) is 4.88. The minimum atomic E-state index is -3.59. The highest BCUT2D eigenvalue weighted by Crippen LogP contribution is 2.44. The number of carbonyl (C=O) groups excluding carboxylic acids is 1. The van der Waals surface area contributed by atoms with Crippen molar-refractivity contribution in [2.75, 3.05) is 32.8 Å². The molecule has 0 saturated carbocycles. The van der Waals surface area contributed by atoms with Gasteiger partial charge >= 0.3 is 6.03 Å². The Hall–Kier alpha value is -2.47. The van der Waals surface area contributed by atoms with Crippen LogP contribution >= 0.6 is 0 Å². The van der Waals surface area contributed by atoms with E-state index < -0.39 is 21.5 Å². The summed E-state index contributed by atoms with van der Waals surface area (Å²) in [6.07, 6.45) is 6.20. The van der Waals surface area contributed by atoms with E-state index in [1.165, 1.54) is 17.3 Å². The Morgan fingerprint density at radius 1 is 1.35 bits per heavy atom. The number of urea groups is 1. The van der Waals surface area contributed by atoms with Crippen LogP contribution in [0.1, 0.15) is 47.9 Å². The number of aryl methyl sites for hydroxylation is 2. The lowest BCUT2D eigenvalue weighted by Crippen LogP contribution is -2.36. The molecule has 184 valence electrons. The number of anilines is 1. The van der Waals surface area contributed by atoms with Crippen LogP contribution in [0.3, 0.4) is 0 Å². The van der Waals surface area contributed by atoms with Crippen LogP contribution in [0.25, 0.3) is 0 Å². The first kappa shape index (κ1) is 23.3. The molecule has 34 heavy (non-hydrogen) atoms. The zero-order valence-corrected chi connectivity index (χ0v) is 20.6. The molecule has 1 aromatic carbocycles. The minimum Gasteiger partial charge on any atom is -0.466 e. The second-order valence-corrected chi connectivity index (χ2v) is 11.3. The summed E-state index contributed by atoms with van der Waals surface area (Å²) in [5.74, 6) is 0.458. The summed E-state index contributed by atoms with van der Waals surface area (Å²) in [7, 11) is -0.322. The Morgan fingerprint density at radius 3 is 2.94 bits per heavy atom. The average molecular weight is 490 g/mol. The van der Waals surface area contributed by atoms with E-state index in [1.54, 1.807) is 18.9 Å². The third-order valence-electron chi connectivity index (χ3n) is 6.87. The molecule has 3 atom stereocenters. The molecule has 11 heteroatoms. The lowest BCUT2D eigenvalue weighted by molar-refractivity contribution is 0.0165. The van der Waals surface area contributed by atoms with Crippen molar-refractivity contribution in [1.29, 1.82) is 0 Å². The van der Waals surface area contributed by atoms with Crippen LogP contribution in [-0.2, 0) is 45.2 Å². The lowest BCUT2D eigenvalue weighted by atomic mass is 9.94. The number of benzene rings is 1. The molecular formula is C23H31N5O5S. The summed E-state index contributed by atoms with van der Waals surface area (Å²) in [6, 6.07) is 1.53. The molecular weight excluding hydrogens is 458 g/mol. The van der Waals surface area contributed by atoms with Crippen molar-refractivity contribution >= 4 is 21.6 Å². The number of amides is 2. The second-order valence-electron chi connectivity index (χ2n) is 9.55. The first-order valence-corrected chi connectivity index (χ1v) is 13.1. The lowest BCUT2D eigenvalue weighted by Gasteiger charge is -2.21. The second kappa shape index (κ2) is 8.63. The largest absolute Gasteiger partial charge is 0.466 e. The highest BCUT2D eigenvalue weighted by Gasteiger charge is 2.39. The van der Waals surface area contributed by atoms with E-state index in [9.17, 15) is 9.00 Å². The number of nitrogens with zero attached hydrogens (tertiary/aromatic N) is 3. The molecule has 0 saturated heterocycles. The summed E-state index contributed by atoms with van der Waals surface area (Å²) >= 11 is 0. The number of hydrogen-bond donors (Lipinski definition) is 2. The molecule has 2 amide bonds. The Bertz CT molecular complexity index is 1260. The van der Waals surface area contributed by atoms with E-state index in [4.69, 9.17) is 19.3 Å². The highest BCUT2D eigenvalue weighted by molar-refractivity contribution is 7.91. The van der Waals surface area contributed by atoms with Crippen molar-refractivity contribution in [3.8, 4) is 5.88 Å². The fraction of sp³-hybridized carbons (Fsp3) is 0.565. The van der Waals surface area contributed by atoms with E-state index in [-0.39, 0.29) is 16.7 Å². The first-order chi connectivity index (χ1) is 16.2. The molecule has 0 bridgehead atoms. The SMILES string of the molecule is COC[C@@H]1CCc2cc3c(c(NC(=O)N=S(N)(=O)c4cnn5c4O[C@](C)(COC)C5)c21)CCC3. The first-order valence-electron chi connectivity index (χ1n) is 11.5. The van der Waals surface area contributed by atoms with E-state index in [1.807, 2.05) is 6.92 Å². The fourth-order valence-corrected chi connectivity index (χ4v) is 6.50. The molecule has 0 fully saturated rings. The Kier molecular flexibility index (Phi) is 5.91. The van der Waals surface area contributed by atoms with Gasteiger partial charge in [-0.1, -0.05) is 6.07 Å². The molecule has 2 heterocycles. The number of ether oxygens (including phenoxy) is 3. The highest BCUT2D eigenvalue weighted by atomic mass is 32.2. The Labute approximate surface area is 199 Å². The van der Waals surface area contributed by atoms with Crippen molar-refractivity contribution < 1.29 is 23.2 Å². The molecule has 2 aliphatic carbocycles. The van der Waals surface area contributed by atoms with Crippen molar-refractivity contribution in [2.45, 2.75) is 62.0 Å². The maximum absolute atomic E-state index is 13.4. The van der Waals surface area contributed by atoms with Gasteiger partial charge in [0.1, 0.15) is 4.90 Å². The maximum Gasteiger partial charge on any atom is 0.354 e. The zero-order valence-electron chi connectivity index (χ0n) is 19.8. The van der Waals surface area contributed by atoms with Crippen LogP contribution in [0, 0.1) is 0 Å². The smallest absolute Gasteiger partial charge is 0.354 e. The molecule has 0 spiro atoms. The van der Waals surface area contributed by atoms with Crippen LogP contribution < -0.4 is 15.2 Å². The van der Waals surface area contributed by atoms with Crippen LogP contribution in [0.15, 0.2) is 21.5 Å². The zero-order chi connectivity index (χ0) is 24.1. The number of hydrogen-bond acceptors (Lipinski definition) is 6. The summed E-state index contributed by atoms with van der Waals surface area (Å²) in [5, 5.41) is 13.3. The molecule has 1 aromatic heterocycles. The van der Waals surface area contributed by atoms with Crippen LogP contribution in [0.4, 0.5) is 10.5 Å². The molecule has 5 rings (SSSR count). The summed E-state index contributed by atoms with van der Waals surface area (Å²) in [4.78, 5) is 13.2. The molecule has 1 unspecified atom stereocenters. The number of methoxy groups -OCH3 is 2. The van der Waals surface area contributed by atoms with E-state index >= 15 is 0 Å². The van der Waals surface area contributed by atoms with Gasteiger partial charge in [0, 0.05) is 25.8 Å². The van der Waals surface area contributed by atoms with Crippen LogP contribution in [-0.4, -0.2) is 53.1 Å². The molecule has 10 nitrogen and oxygen atoms in total. The maximum atomic E-state index is 13.4. The minimum absolute atomic E-state index is 0.100. The number of fused-ring (bicyclic) bond motifs is 3. The Morgan fingerprint density at radius 2 is 2.18 bits per heavy atom. The third kappa shape index (κ3) is 4.00. The van der Waals surface area contributed by atoms with E-state index in [0.29, 0.717) is 19.8 Å². The van der Waals surface area contributed by atoms with Crippen LogP contribution in [0.5, 0.6) is 5.88 Å². The van der Waals surface area contributed by atoms with Gasteiger partial charge in [-0.05, 0) is 61.3 Å². The fourth-order valence-electron chi connectivity index (χ4n) is 5.52. The van der Waals surface area contributed by atoms with Crippen molar-refractivity contribution in [3.63, 3.8) is 0 Å². The quantitative estimate of drug-likeness (QED) is 0.642. The number of nitrogens with two attached hydrogens (primary N) is 1. The van der Waals surface area contributed by atoms with Gasteiger partial charge < -0.3 is 19.5 Å². The van der Waals surface area contributed by atoms with Gasteiger partial charge in [0.25, 0.3) is 0 Å². The van der Waals surface area contributed by atoms with Gasteiger partial charge in [0.2, 0.25) is 5.88 Å². The third-order valence-corrected chi connectivity index (χ3v) is 8.21.